The van der Waals surface area contributed by atoms with Crippen molar-refractivity contribution in [3.63, 3.8) is 0 Å². The van der Waals surface area contributed by atoms with Crippen LogP contribution in [-0.4, -0.2) is 56.0 Å². The predicted octanol–water partition coefficient (Wildman–Crippen LogP) is 3.49. The van der Waals surface area contributed by atoms with Gasteiger partial charge in [-0.15, -0.1) is 24.0 Å². The van der Waals surface area contributed by atoms with E-state index in [4.69, 9.17) is 0 Å². The second-order valence-corrected chi connectivity index (χ2v) is 7.68. The number of amides is 1. The predicted molar refractivity (Wildman–Crippen MR) is 134 cm³/mol. The first kappa shape index (κ1) is 26.9. The highest BCUT2D eigenvalue weighted by Gasteiger charge is 2.30. The minimum atomic E-state index is -4.31. The molecule has 3 rings (SSSR count). The highest BCUT2D eigenvalue weighted by molar-refractivity contribution is 14.0. The topological polar surface area (TPSA) is 68.8 Å². The summed E-state index contributed by atoms with van der Waals surface area (Å²) in [5.41, 5.74) is 0.849. The van der Waals surface area contributed by atoms with Gasteiger partial charge in [-0.1, -0.05) is 30.3 Å². The molecule has 33 heavy (non-hydrogen) atoms. The van der Waals surface area contributed by atoms with Crippen LogP contribution < -0.4 is 16.0 Å². The van der Waals surface area contributed by atoms with Gasteiger partial charge in [-0.05, 0) is 36.2 Å². The molecule has 1 amide bonds. The van der Waals surface area contributed by atoms with Crippen molar-refractivity contribution in [2.75, 3.05) is 33.2 Å². The van der Waals surface area contributed by atoms with Gasteiger partial charge >= 0.3 is 6.18 Å². The van der Waals surface area contributed by atoms with Crippen molar-refractivity contribution < 1.29 is 18.0 Å². The fraction of sp³-hybridized carbons (Fsp3) is 0.391. The van der Waals surface area contributed by atoms with Crippen LogP contribution in [0.15, 0.2) is 59.6 Å². The summed E-state index contributed by atoms with van der Waals surface area (Å²) in [4.78, 5) is 18.5. The number of alkyl halides is 3. The van der Waals surface area contributed by atoms with Crippen LogP contribution in [0.5, 0.6) is 0 Å². The number of guanidine groups is 1. The van der Waals surface area contributed by atoms with Crippen LogP contribution in [0.4, 0.5) is 13.2 Å². The molecule has 1 fully saturated rings. The van der Waals surface area contributed by atoms with E-state index in [1.165, 1.54) is 12.1 Å². The lowest BCUT2D eigenvalue weighted by atomic mass is 10.1. The van der Waals surface area contributed by atoms with Crippen molar-refractivity contribution in [3.8, 4) is 0 Å². The number of carbonyl (C=O) groups is 1. The molecule has 1 saturated heterocycles. The summed E-state index contributed by atoms with van der Waals surface area (Å²) in [6.07, 6.45) is -3.40. The van der Waals surface area contributed by atoms with E-state index in [0.717, 1.165) is 37.2 Å². The van der Waals surface area contributed by atoms with E-state index in [9.17, 15) is 18.0 Å². The van der Waals surface area contributed by atoms with Gasteiger partial charge in [-0.2, -0.15) is 13.2 Å². The highest BCUT2D eigenvalue weighted by Crippen LogP contribution is 2.29. The molecule has 0 aromatic heterocycles. The van der Waals surface area contributed by atoms with E-state index in [0.29, 0.717) is 31.2 Å². The number of hydrogen-bond acceptors (Lipinski definition) is 3. The Morgan fingerprint density at radius 3 is 2.36 bits per heavy atom. The first-order chi connectivity index (χ1) is 15.3. The zero-order valence-electron chi connectivity index (χ0n) is 18.4. The molecule has 6 nitrogen and oxygen atoms in total. The molecule has 2 aromatic rings. The fourth-order valence-electron chi connectivity index (χ4n) is 3.59. The molecule has 1 aliphatic heterocycles. The van der Waals surface area contributed by atoms with Gasteiger partial charge in [0.2, 0.25) is 0 Å². The maximum absolute atomic E-state index is 12.7. The Morgan fingerprint density at radius 1 is 1.06 bits per heavy atom. The van der Waals surface area contributed by atoms with E-state index in [1.807, 2.05) is 18.2 Å². The standard InChI is InChI=1S/C23H28F3N5O.HI/c1-27-22(29-13-12-28-21(32)18-5-3-2-4-6-18)30-20-11-14-31(16-20)15-17-7-9-19(10-8-17)23(24,25)26;/h2-10,20H,11-16H2,1H3,(H,28,32)(H2,27,29,30);1H. The zero-order valence-corrected chi connectivity index (χ0v) is 20.7. The summed E-state index contributed by atoms with van der Waals surface area (Å²) in [5.74, 6) is 0.533. The highest BCUT2D eigenvalue weighted by atomic mass is 127. The van der Waals surface area contributed by atoms with Crippen LogP contribution in [0.2, 0.25) is 0 Å². The Kier molecular flexibility index (Phi) is 10.4. The number of benzene rings is 2. The zero-order chi connectivity index (χ0) is 23.0. The molecule has 1 heterocycles. The molecule has 1 aliphatic rings. The van der Waals surface area contributed by atoms with Gasteiger partial charge in [0, 0.05) is 51.4 Å². The number of rotatable bonds is 7. The molecular weight excluding hydrogens is 546 g/mol. The number of nitrogens with one attached hydrogen (secondary N) is 3. The van der Waals surface area contributed by atoms with E-state index >= 15 is 0 Å². The maximum Gasteiger partial charge on any atom is 0.416 e. The van der Waals surface area contributed by atoms with Crippen LogP contribution in [0.25, 0.3) is 0 Å². The lowest BCUT2D eigenvalue weighted by Crippen LogP contribution is -2.46. The first-order valence-electron chi connectivity index (χ1n) is 10.5. The normalized spacial score (nSPS) is 16.7. The lowest BCUT2D eigenvalue weighted by Gasteiger charge is -2.19. The van der Waals surface area contributed by atoms with Crippen molar-refractivity contribution in [1.29, 1.82) is 0 Å². The molecule has 0 spiro atoms. The number of carbonyl (C=O) groups excluding carboxylic acids is 1. The summed E-state index contributed by atoms with van der Waals surface area (Å²) in [6, 6.07) is 14.5. The quantitative estimate of drug-likeness (QED) is 0.205. The third-order valence-corrected chi connectivity index (χ3v) is 5.26. The molecule has 0 bridgehead atoms. The Hall–Kier alpha value is -2.34. The van der Waals surface area contributed by atoms with E-state index < -0.39 is 11.7 Å². The average molecular weight is 575 g/mol. The summed E-state index contributed by atoms with van der Waals surface area (Å²) in [5, 5.41) is 9.41. The van der Waals surface area contributed by atoms with E-state index in [2.05, 4.69) is 25.8 Å². The van der Waals surface area contributed by atoms with Crippen LogP contribution in [0.1, 0.15) is 27.9 Å². The molecule has 180 valence electrons. The summed E-state index contributed by atoms with van der Waals surface area (Å²) in [7, 11) is 1.69. The largest absolute Gasteiger partial charge is 0.416 e. The van der Waals surface area contributed by atoms with Gasteiger partial charge in [-0.3, -0.25) is 14.7 Å². The van der Waals surface area contributed by atoms with Gasteiger partial charge in [0.1, 0.15) is 0 Å². The van der Waals surface area contributed by atoms with Crippen molar-refractivity contribution >= 4 is 35.8 Å². The van der Waals surface area contributed by atoms with Crippen LogP contribution in [-0.2, 0) is 12.7 Å². The molecule has 0 radical (unpaired) electrons. The number of likely N-dealkylation sites (tertiary alicyclic amines) is 1. The Balaban J connectivity index is 0.00000385. The average Bonchev–Trinajstić information content (AvgIpc) is 3.22. The smallest absolute Gasteiger partial charge is 0.355 e. The van der Waals surface area contributed by atoms with Crippen molar-refractivity contribution in [2.24, 2.45) is 4.99 Å². The minimum Gasteiger partial charge on any atom is -0.355 e. The van der Waals surface area contributed by atoms with Gasteiger partial charge < -0.3 is 16.0 Å². The summed E-state index contributed by atoms with van der Waals surface area (Å²) >= 11 is 0. The second-order valence-electron chi connectivity index (χ2n) is 7.68. The van der Waals surface area contributed by atoms with Crippen LogP contribution >= 0.6 is 24.0 Å². The van der Waals surface area contributed by atoms with Gasteiger partial charge in [0.05, 0.1) is 5.56 Å². The van der Waals surface area contributed by atoms with Crippen LogP contribution in [0, 0.1) is 0 Å². The molecule has 0 saturated carbocycles. The van der Waals surface area contributed by atoms with Crippen molar-refractivity contribution in [2.45, 2.75) is 25.2 Å². The monoisotopic (exact) mass is 575 g/mol. The molecular formula is C23H29F3IN5O. The van der Waals surface area contributed by atoms with Crippen LogP contribution in [0.3, 0.4) is 0 Å². The van der Waals surface area contributed by atoms with Gasteiger partial charge in [-0.25, -0.2) is 0 Å². The summed E-state index contributed by atoms with van der Waals surface area (Å²) in [6.45, 7) is 3.21. The van der Waals surface area contributed by atoms with Crippen molar-refractivity contribution in [3.05, 3.63) is 71.3 Å². The van der Waals surface area contributed by atoms with Gasteiger partial charge in [0.25, 0.3) is 5.91 Å². The third kappa shape index (κ3) is 8.50. The SMILES string of the molecule is CN=C(NCCNC(=O)c1ccccc1)NC1CCN(Cc2ccc(C(F)(F)F)cc2)C1.I. The Labute approximate surface area is 209 Å². The molecule has 10 heteroatoms. The van der Waals surface area contributed by atoms with E-state index in [1.54, 1.807) is 19.2 Å². The number of hydrogen-bond donors (Lipinski definition) is 3. The lowest BCUT2D eigenvalue weighted by molar-refractivity contribution is -0.137. The number of nitrogens with zero attached hydrogens (tertiary/aromatic N) is 2. The van der Waals surface area contributed by atoms with Crippen molar-refractivity contribution in [1.82, 2.24) is 20.9 Å². The second kappa shape index (κ2) is 12.8. The minimum absolute atomic E-state index is 0. The first-order valence-corrected chi connectivity index (χ1v) is 10.5. The van der Waals surface area contributed by atoms with E-state index in [-0.39, 0.29) is 35.9 Å². The Morgan fingerprint density at radius 2 is 1.73 bits per heavy atom. The molecule has 2 aromatic carbocycles. The summed E-state index contributed by atoms with van der Waals surface area (Å²) < 4.78 is 38.1. The van der Waals surface area contributed by atoms with Gasteiger partial charge in [0.15, 0.2) is 5.96 Å². The molecule has 1 atom stereocenters. The maximum atomic E-state index is 12.7. The number of halogens is 4. The Bertz CT molecular complexity index is 907. The molecule has 3 N–H and O–H groups in total. The number of aliphatic imine (C=N–C) groups is 1. The fourth-order valence-corrected chi connectivity index (χ4v) is 3.59. The molecule has 1 unspecified atom stereocenters. The molecule has 0 aliphatic carbocycles. The third-order valence-electron chi connectivity index (χ3n) is 5.26.